The number of allylic oxidation sites excluding steroid dienone is 1. The van der Waals surface area contributed by atoms with Crippen molar-refractivity contribution in [2.24, 2.45) is 11.8 Å². The third-order valence-electron chi connectivity index (χ3n) is 2.65. The number of rotatable bonds is 5. The summed E-state index contributed by atoms with van der Waals surface area (Å²) in [6.45, 7) is 8.54. The van der Waals surface area contributed by atoms with Crippen LogP contribution in [0.5, 0.6) is 0 Å². The van der Waals surface area contributed by atoms with Crippen LogP contribution in [0.15, 0.2) is 12.2 Å². The lowest BCUT2D eigenvalue weighted by Crippen LogP contribution is -2.21. The Balaban J connectivity index is 3.91. The van der Waals surface area contributed by atoms with Crippen LogP contribution in [0.2, 0.25) is 0 Å². The fraction of sp³-hybridized carbons (Fsp3) is 0.818. The van der Waals surface area contributed by atoms with Crippen LogP contribution < -0.4 is 0 Å². The van der Waals surface area contributed by atoms with Gasteiger partial charge in [-0.15, -0.1) is 0 Å². The maximum absolute atomic E-state index is 9.66. The summed E-state index contributed by atoms with van der Waals surface area (Å²) >= 11 is 0. The molecule has 0 spiro atoms. The normalized spacial score (nSPS) is 19.4. The zero-order valence-electron chi connectivity index (χ0n) is 8.75. The average Bonchev–Trinajstić information content (AvgIpc) is 2.11. The second-order valence-electron chi connectivity index (χ2n) is 3.57. The minimum Gasteiger partial charge on any atom is -0.389 e. The van der Waals surface area contributed by atoms with E-state index in [4.69, 9.17) is 0 Å². The Morgan fingerprint density at radius 2 is 1.83 bits per heavy atom. The third kappa shape index (κ3) is 3.91. The lowest BCUT2D eigenvalue weighted by molar-refractivity contribution is 0.126. The van der Waals surface area contributed by atoms with Crippen molar-refractivity contribution in [3.63, 3.8) is 0 Å². The van der Waals surface area contributed by atoms with Gasteiger partial charge in [0.1, 0.15) is 0 Å². The molecule has 12 heavy (non-hydrogen) atoms. The van der Waals surface area contributed by atoms with Gasteiger partial charge >= 0.3 is 0 Å². The Hall–Kier alpha value is -0.300. The van der Waals surface area contributed by atoms with Gasteiger partial charge in [-0.2, -0.15) is 0 Å². The molecule has 0 aromatic carbocycles. The highest BCUT2D eigenvalue weighted by molar-refractivity contribution is 4.91. The molecule has 1 N–H and O–H groups in total. The monoisotopic (exact) mass is 170 g/mol. The van der Waals surface area contributed by atoms with Gasteiger partial charge in [0.05, 0.1) is 6.10 Å². The molecular formula is C11H22O. The van der Waals surface area contributed by atoms with Crippen LogP contribution in [0, 0.1) is 11.8 Å². The second kappa shape index (κ2) is 6.24. The minimum absolute atomic E-state index is 0.264. The molecule has 0 heterocycles. The van der Waals surface area contributed by atoms with Crippen LogP contribution in [-0.2, 0) is 0 Å². The molecule has 0 aliphatic carbocycles. The van der Waals surface area contributed by atoms with E-state index in [-0.39, 0.29) is 6.10 Å². The molecule has 0 radical (unpaired) electrons. The van der Waals surface area contributed by atoms with Gasteiger partial charge in [0, 0.05) is 0 Å². The van der Waals surface area contributed by atoms with Crippen molar-refractivity contribution >= 4 is 0 Å². The van der Waals surface area contributed by atoms with Crippen LogP contribution in [0.25, 0.3) is 0 Å². The molecule has 0 bridgehead atoms. The van der Waals surface area contributed by atoms with Gasteiger partial charge in [-0.25, -0.2) is 0 Å². The Morgan fingerprint density at radius 1 is 1.25 bits per heavy atom. The van der Waals surface area contributed by atoms with Crippen LogP contribution in [0.1, 0.15) is 40.5 Å². The molecule has 0 rings (SSSR count). The van der Waals surface area contributed by atoms with Crippen molar-refractivity contribution in [2.45, 2.75) is 46.6 Å². The fourth-order valence-electron chi connectivity index (χ4n) is 1.16. The van der Waals surface area contributed by atoms with Crippen molar-refractivity contribution < 1.29 is 5.11 Å². The predicted octanol–water partition coefficient (Wildman–Crippen LogP) is 3.00. The SMILES string of the molecule is CCC=CC(O)C(C)C(C)CC. The first-order valence-electron chi connectivity index (χ1n) is 4.98. The van der Waals surface area contributed by atoms with E-state index >= 15 is 0 Å². The maximum Gasteiger partial charge on any atom is 0.0748 e. The highest BCUT2D eigenvalue weighted by atomic mass is 16.3. The van der Waals surface area contributed by atoms with Gasteiger partial charge in [0.2, 0.25) is 0 Å². The summed E-state index contributed by atoms with van der Waals surface area (Å²) < 4.78 is 0. The van der Waals surface area contributed by atoms with Crippen molar-refractivity contribution in [1.29, 1.82) is 0 Å². The van der Waals surface area contributed by atoms with E-state index in [0.29, 0.717) is 11.8 Å². The number of hydrogen-bond donors (Lipinski definition) is 1. The van der Waals surface area contributed by atoms with Gasteiger partial charge in [0.15, 0.2) is 0 Å². The summed E-state index contributed by atoms with van der Waals surface area (Å²) in [4.78, 5) is 0. The molecule has 0 saturated carbocycles. The molecule has 0 aliphatic rings. The summed E-state index contributed by atoms with van der Waals surface area (Å²) in [5, 5.41) is 9.66. The van der Waals surface area contributed by atoms with Gasteiger partial charge in [-0.3, -0.25) is 0 Å². The Labute approximate surface area is 76.5 Å². The van der Waals surface area contributed by atoms with E-state index in [9.17, 15) is 5.11 Å². The summed E-state index contributed by atoms with van der Waals surface area (Å²) in [6.07, 6.45) is 5.82. The molecule has 0 aliphatic heterocycles. The lowest BCUT2D eigenvalue weighted by atomic mass is 9.88. The van der Waals surface area contributed by atoms with Crippen LogP contribution in [0.3, 0.4) is 0 Å². The molecule has 3 unspecified atom stereocenters. The van der Waals surface area contributed by atoms with Crippen molar-refractivity contribution in [3.05, 3.63) is 12.2 Å². The largest absolute Gasteiger partial charge is 0.389 e. The van der Waals surface area contributed by atoms with Crippen LogP contribution in [-0.4, -0.2) is 11.2 Å². The highest BCUT2D eigenvalue weighted by Crippen LogP contribution is 2.18. The van der Waals surface area contributed by atoms with E-state index in [2.05, 4.69) is 27.7 Å². The second-order valence-corrected chi connectivity index (χ2v) is 3.57. The van der Waals surface area contributed by atoms with Crippen molar-refractivity contribution in [2.75, 3.05) is 0 Å². The van der Waals surface area contributed by atoms with Gasteiger partial charge in [0.25, 0.3) is 0 Å². The molecule has 0 aromatic heterocycles. The van der Waals surface area contributed by atoms with E-state index in [0.717, 1.165) is 12.8 Å². The van der Waals surface area contributed by atoms with Crippen LogP contribution >= 0.6 is 0 Å². The lowest BCUT2D eigenvalue weighted by Gasteiger charge is -2.21. The standard InChI is InChI=1S/C11H22O/c1-5-7-8-11(12)10(4)9(3)6-2/h7-12H,5-6H2,1-4H3. The molecule has 3 atom stereocenters. The first-order chi connectivity index (χ1) is 5.63. The Kier molecular flexibility index (Phi) is 6.09. The Morgan fingerprint density at radius 3 is 2.25 bits per heavy atom. The van der Waals surface area contributed by atoms with E-state index < -0.39 is 0 Å². The molecule has 0 aromatic rings. The minimum atomic E-state index is -0.264. The molecule has 0 fully saturated rings. The topological polar surface area (TPSA) is 20.2 Å². The molecule has 72 valence electrons. The van der Waals surface area contributed by atoms with Crippen molar-refractivity contribution in [3.8, 4) is 0 Å². The third-order valence-corrected chi connectivity index (χ3v) is 2.65. The quantitative estimate of drug-likeness (QED) is 0.629. The Bertz CT molecular complexity index is 129. The number of aliphatic hydroxyl groups is 1. The summed E-state index contributed by atoms with van der Waals surface area (Å²) in [6, 6.07) is 0. The van der Waals surface area contributed by atoms with Gasteiger partial charge < -0.3 is 5.11 Å². The highest BCUT2D eigenvalue weighted by Gasteiger charge is 2.16. The predicted molar refractivity (Wildman–Crippen MR) is 54.1 cm³/mol. The van der Waals surface area contributed by atoms with Crippen molar-refractivity contribution in [1.82, 2.24) is 0 Å². The fourth-order valence-corrected chi connectivity index (χ4v) is 1.16. The zero-order valence-corrected chi connectivity index (χ0v) is 8.75. The molecule has 0 saturated heterocycles. The summed E-state index contributed by atoms with van der Waals surface area (Å²) in [7, 11) is 0. The van der Waals surface area contributed by atoms with E-state index in [1.807, 2.05) is 12.2 Å². The first-order valence-corrected chi connectivity index (χ1v) is 4.98. The maximum atomic E-state index is 9.66. The summed E-state index contributed by atoms with van der Waals surface area (Å²) in [5.74, 6) is 0.972. The van der Waals surface area contributed by atoms with E-state index in [1.54, 1.807) is 0 Å². The summed E-state index contributed by atoms with van der Waals surface area (Å²) in [5.41, 5.74) is 0. The number of aliphatic hydroxyl groups excluding tert-OH is 1. The smallest absolute Gasteiger partial charge is 0.0748 e. The van der Waals surface area contributed by atoms with Crippen LogP contribution in [0.4, 0.5) is 0 Å². The molecule has 1 heteroatoms. The molecular weight excluding hydrogens is 148 g/mol. The molecule has 0 amide bonds. The molecule has 1 nitrogen and oxygen atoms in total. The van der Waals surface area contributed by atoms with Gasteiger partial charge in [-0.05, 0) is 18.3 Å². The average molecular weight is 170 g/mol. The van der Waals surface area contributed by atoms with E-state index in [1.165, 1.54) is 0 Å². The van der Waals surface area contributed by atoms with Gasteiger partial charge in [-0.1, -0.05) is 46.3 Å². The number of hydrogen-bond acceptors (Lipinski definition) is 1. The zero-order chi connectivity index (χ0) is 9.56. The first kappa shape index (κ1) is 11.7.